The SMILES string of the molecule is CC(=O)Nc1ccc(OC(Cl)(Cl)Cl)cc1. The summed E-state index contributed by atoms with van der Waals surface area (Å²) in [5, 5.41) is 2.60. The van der Waals surface area contributed by atoms with Crippen molar-refractivity contribution >= 4 is 46.4 Å². The van der Waals surface area contributed by atoms with E-state index >= 15 is 0 Å². The molecule has 0 heterocycles. The molecule has 0 spiro atoms. The molecule has 0 fully saturated rings. The van der Waals surface area contributed by atoms with Crippen LogP contribution in [0.3, 0.4) is 0 Å². The topological polar surface area (TPSA) is 38.3 Å². The van der Waals surface area contributed by atoms with Gasteiger partial charge in [0.1, 0.15) is 5.75 Å². The molecule has 0 aliphatic heterocycles. The monoisotopic (exact) mass is 267 g/mol. The van der Waals surface area contributed by atoms with Crippen molar-refractivity contribution in [1.29, 1.82) is 0 Å². The summed E-state index contributed by atoms with van der Waals surface area (Å²) in [6.45, 7) is 1.42. The minimum atomic E-state index is -1.78. The summed E-state index contributed by atoms with van der Waals surface area (Å²) >= 11 is 16.3. The van der Waals surface area contributed by atoms with Crippen LogP contribution in [0.15, 0.2) is 24.3 Å². The van der Waals surface area contributed by atoms with E-state index in [0.717, 1.165) is 0 Å². The van der Waals surface area contributed by atoms with E-state index in [1.54, 1.807) is 24.3 Å². The number of rotatable bonds is 2. The summed E-state index contributed by atoms with van der Waals surface area (Å²) < 4.78 is 3.16. The third kappa shape index (κ3) is 5.11. The Balaban J connectivity index is 2.68. The van der Waals surface area contributed by atoms with Crippen LogP contribution in [0.25, 0.3) is 0 Å². The molecule has 0 aromatic heterocycles. The molecule has 0 unspecified atom stereocenters. The fourth-order valence-corrected chi connectivity index (χ4v) is 1.21. The number of anilines is 1. The highest BCUT2D eigenvalue weighted by atomic mass is 35.6. The van der Waals surface area contributed by atoms with Gasteiger partial charge in [-0.05, 0) is 59.1 Å². The molecule has 1 aromatic carbocycles. The third-order valence-corrected chi connectivity index (χ3v) is 1.64. The molecule has 0 radical (unpaired) electrons. The fourth-order valence-electron chi connectivity index (χ4n) is 0.943. The lowest BCUT2D eigenvalue weighted by Gasteiger charge is -2.13. The smallest absolute Gasteiger partial charge is 0.338 e. The molecule has 82 valence electrons. The molecule has 0 aliphatic rings. The van der Waals surface area contributed by atoms with Gasteiger partial charge in [0, 0.05) is 12.6 Å². The van der Waals surface area contributed by atoms with Gasteiger partial charge in [0.05, 0.1) is 0 Å². The van der Waals surface area contributed by atoms with Gasteiger partial charge < -0.3 is 10.1 Å². The van der Waals surface area contributed by atoms with E-state index in [-0.39, 0.29) is 5.91 Å². The summed E-state index contributed by atoms with van der Waals surface area (Å²) in [5.74, 6) is 0.258. The molecule has 0 bridgehead atoms. The minimum Gasteiger partial charge on any atom is -0.446 e. The van der Waals surface area contributed by atoms with Crippen LogP contribution in [-0.4, -0.2) is 9.89 Å². The van der Waals surface area contributed by atoms with Crippen molar-refractivity contribution in [3.8, 4) is 5.75 Å². The van der Waals surface area contributed by atoms with Gasteiger partial charge in [-0.1, -0.05) is 0 Å². The van der Waals surface area contributed by atoms with Crippen molar-refractivity contribution in [3.63, 3.8) is 0 Å². The molecule has 15 heavy (non-hydrogen) atoms. The first-order chi connectivity index (χ1) is 6.87. The number of alkyl halides is 3. The number of nitrogens with one attached hydrogen (secondary N) is 1. The Bertz CT molecular complexity index is 345. The Hall–Kier alpha value is -0.640. The summed E-state index contributed by atoms with van der Waals surface area (Å²) in [5.41, 5.74) is 0.652. The highest BCUT2D eigenvalue weighted by molar-refractivity contribution is 6.66. The van der Waals surface area contributed by atoms with Gasteiger partial charge in [0.15, 0.2) is 0 Å². The van der Waals surface area contributed by atoms with Crippen molar-refractivity contribution in [1.82, 2.24) is 0 Å². The number of carbonyl (C=O) groups is 1. The second kappa shape index (κ2) is 4.92. The molecular weight excluding hydrogens is 260 g/mol. The maximum absolute atomic E-state index is 10.7. The van der Waals surface area contributed by atoms with Crippen molar-refractivity contribution in [3.05, 3.63) is 24.3 Å². The predicted octanol–water partition coefficient (Wildman–Crippen LogP) is 3.35. The summed E-state index contributed by atoms with van der Waals surface area (Å²) in [7, 11) is 0. The van der Waals surface area contributed by atoms with E-state index in [9.17, 15) is 4.79 Å². The van der Waals surface area contributed by atoms with Crippen LogP contribution >= 0.6 is 34.8 Å². The van der Waals surface area contributed by atoms with E-state index in [1.807, 2.05) is 0 Å². The zero-order valence-electron chi connectivity index (χ0n) is 7.76. The van der Waals surface area contributed by atoms with Gasteiger partial charge in [-0.2, -0.15) is 0 Å². The first-order valence-corrected chi connectivity index (χ1v) is 5.13. The normalized spacial score (nSPS) is 10.9. The molecule has 0 atom stereocenters. The van der Waals surface area contributed by atoms with Crippen LogP contribution in [0.5, 0.6) is 5.75 Å². The van der Waals surface area contributed by atoms with Crippen LogP contribution in [0.4, 0.5) is 5.69 Å². The van der Waals surface area contributed by atoms with Gasteiger partial charge >= 0.3 is 3.98 Å². The Morgan fingerprint density at radius 1 is 1.27 bits per heavy atom. The summed E-state index contributed by atoms with van der Waals surface area (Å²) in [4.78, 5) is 10.7. The van der Waals surface area contributed by atoms with E-state index in [0.29, 0.717) is 11.4 Å². The maximum atomic E-state index is 10.7. The van der Waals surface area contributed by atoms with Gasteiger partial charge in [-0.3, -0.25) is 4.79 Å². The maximum Gasteiger partial charge on any atom is 0.338 e. The number of halogens is 3. The molecule has 1 rings (SSSR count). The molecule has 0 saturated carbocycles. The van der Waals surface area contributed by atoms with E-state index in [4.69, 9.17) is 39.5 Å². The molecule has 3 nitrogen and oxygen atoms in total. The number of hydrogen-bond donors (Lipinski definition) is 1. The summed E-state index contributed by atoms with van der Waals surface area (Å²) in [6.07, 6.45) is 0. The van der Waals surface area contributed by atoms with Gasteiger partial charge in [-0.15, -0.1) is 0 Å². The first kappa shape index (κ1) is 12.4. The third-order valence-electron chi connectivity index (χ3n) is 1.41. The zero-order chi connectivity index (χ0) is 11.5. The molecule has 0 aliphatic carbocycles. The Labute approximate surface area is 102 Å². The van der Waals surface area contributed by atoms with E-state index < -0.39 is 3.98 Å². The van der Waals surface area contributed by atoms with Gasteiger partial charge in [0.2, 0.25) is 5.91 Å². The van der Waals surface area contributed by atoms with E-state index in [2.05, 4.69) is 5.32 Å². The van der Waals surface area contributed by atoms with Gasteiger partial charge in [-0.25, -0.2) is 0 Å². The minimum absolute atomic E-state index is 0.148. The number of hydrogen-bond acceptors (Lipinski definition) is 2. The van der Waals surface area contributed by atoms with Crippen molar-refractivity contribution in [2.24, 2.45) is 0 Å². The Morgan fingerprint density at radius 3 is 2.20 bits per heavy atom. The second-order valence-electron chi connectivity index (χ2n) is 2.75. The lowest BCUT2D eigenvalue weighted by molar-refractivity contribution is -0.114. The molecule has 1 amide bonds. The van der Waals surface area contributed by atoms with Crippen molar-refractivity contribution in [2.75, 3.05) is 5.32 Å². The lowest BCUT2D eigenvalue weighted by atomic mass is 10.3. The van der Waals surface area contributed by atoms with Crippen LogP contribution in [0.1, 0.15) is 6.92 Å². The summed E-state index contributed by atoms with van der Waals surface area (Å²) in [6, 6.07) is 6.47. The van der Waals surface area contributed by atoms with Crippen LogP contribution in [0.2, 0.25) is 0 Å². The Kier molecular flexibility index (Phi) is 4.08. The second-order valence-corrected chi connectivity index (χ2v) is 4.93. The van der Waals surface area contributed by atoms with Crippen LogP contribution in [0, 0.1) is 0 Å². The number of amides is 1. The van der Waals surface area contributed by atoms with Crippen molar-refractivity contribution in [2.45, 2.75) is 10.9 Å². The quantitative estimate of drug-likeness (QED) is 0.835. The Morgan fingerprint density at radius 2 is 1.80 bits per heavy atom. The van der Waals surface area contributed by atoms with Gasteiger partial charge in [0.25, 0.3) is 0 Å². The number of ether oxygens (including phenoxy) is 1. The molecule has 0 saturated heterocycles. The lowest BCUT2D eigenvalue weighted by Crippen LogP contribution is -2.12. The zero-order valence-corrected chi connectivity index (χ0v) is 10.0. The first-order valence-electron chi connectivity index (χ1n) is 4.00. The fraction of sp³-hybridized carbons (Fsp3) is 0.222. The van der Waals surface area contributed by atoms with Crippen LogP contribution in [-0.2, 0) is 4.79 Å². The molecule has 1 aromatic rings. The molecule has 1 N–H and O–H groups in total. The average molecular weight is 269 g/mol. The van der Waals surface area contributed by atoms with E-state index in [1.165, 1.54) is 6.92 Å². The largest absolute Gasteiger partial charge is 0.446 e. The average Bonchev–Trinajstić information content (AvgIpc) is 2.05. The highest BCUT2D eigenvalue weighted by Gasteiger charge is 2.21. The standard InChI is InChI=1S/C9H8Cl3NO2/c1-6(14)13-7-2-4-8(5-3-7)15-9(10,11)12/h2-5H,1H3,(H,13,14). The highest BCUT2D eigenvalue weighted by Crippen LogP contribution is 2.30. The molecular formula is C9H8Cl3NO2. The predicted molar refractivity (Wildman–Crippen MR) is 61.7 cm³/mol. The number of benzene rings is 1. The van der Waals surface area contributed by atoms with Crippen molar-refractivity contribution < 1.29 is 9.53 Å². The molecule has 6 heteroatoms. The number of carbonyl (C=O) groups excluding carboxylic acids is 1. The van der Waals surface area contributed by atoms with Crippen LogP contribution < -0.4 is 10.1 Å².